The number of amides is 1. The van der Waals surface area contributed by atoms with Gasteiger partial charge in [0.05, 0.1) is 0 Å². The fraction of sp³-hybridized carbons (Fsp3) is 0.955. The molecule has 3 heteroatoms. The fourth-order valence-corrected chi connectivity index (χ4v) is 3.23. The number of hydrogen-bond donors (Lipinski definition) is 2. The molecule has 0 rings (SSSR count). The van der Waals surface area contributed by atoms with Crippen molar-refractivity contribution in [3.63, 3.8) is 0 Å². The number of hydrogen-bond acceptors (Lipinski definition) is 2. The van der Waals surface area contributed by atoms with Crippen molar-refractivity contribution in [3.05, 3.63) is 0 Å². The van der Waals surface area contributed by atoms with E-state index in [-0.39, 0.29) is 12.5 Å². The van der Waals surface area contributed by atoms with E-state index in [4.69, 9.17) is 5.11 Å². The Morgan fingerprint density at radius 3 is 1.44 bits per heavy atom. The molecule has 0 aliphatic carbocycles. The Hall–Kier alpha value is -0.570. The summed E-state index contributed by atoms with van der Waals surface area (Å²) in [7, 11) is 0. The van der Waals surface area contributed by atoms with Crippen molar-refractivity contribution in [2.75, 3.05) is 13.2 Å². The van der Waals surface area contributed by atoms with Gasteiger partial charge in [-0.3, -0.25) is 4.79 Å². The fourth-order valence-electron chi connectivity index (χ4n) is 3.23. The van der Waals surface area contributed by atoms with Crippen LogP contribution in [0.2, 0.25) is 0 Å². The third kappa shape index (κ3) is 21.4. The van der Waals surface area contributed by atoms with Crippen LogP contribution in [-0.2, 0) is 4.79 Å². The van der Waals surface area contributed by atoms with E-state index in [0.29, 0.717) is 19.4 Å². The van der Waals surface area contributed by atoms with E-state index >= 15 is 0 Å². The third-order valence-electron chi connectivity index (χ3n) is 4.91. The van der Waals surface area contributed by atoms with Gasteiger partial charge in [0, 0.05) is 19.6 Å². The summed E-state index contributed by atoms with van der Waals surface area (Å²) < 4.78 is 0. The van der Waals surface area contributed by atoms with Crippen LogP contribution in [0.3, 0.4) is 0 Å². The number of rotatable bonds is 20. The van der Waals surface area contributed by atoms with Gasteiger partial charge in [0.15, 0.2) is 0 Å². The van der Waals surface area contributed by atoms with Crippen LogP contribution in [-0.4, -0.2) is 24.2 Å². The maximum absolute atomic E-state index is 11.5. The van der Waals surface area contributed by atoms with Crippen molar-refractivity contribution in [2.24, 2.45) is 0 Å². The lowest BCUT2D eigenvalue weighted by atomic mass is 10.0. The van der Waals surface area contributed by atoms with Crippen LogP contribution in [0, 0.1) is 0 Å². The van der Waals surface area contributed by atoms with Crippen molar-refractivity contribution in [3.8, 4) is 0 Å². The van der Waals surface area contributed by atoms with Gasteiger partial charge in [0.2, 0.25) is 5.91 Å². The minimum atomic E-state index is 0.138. The minimum Gasteiger partial charge on any atom is -0.396 e. The van der Waals surface area contributed by atoms with Gasteiger partial charge in [0.25, 0.3) is 0 Å². The summed E-state index contributed by atoms with van der Waals surface area (Å²) in [6.45, 7) is 3.04. The highest BCUT2D eigenvalue weighted by Gasteiger charge is 2.00. The molecule has 0 fully saturated rings. The molecule has 0 saturated carbocycles. The molecule has 0 unspecified atom stereocenters. The van der Waals surface area contributed by atoms with Crippen LogP contribution in [0.5, 0.6) is 0 Å². The van der Waals surface area contributed by atoms with E-state index in [1.165, 1.54) is 96.3 Å². The molecule has 0 aliphatic heterocycles. The average Bonchev–Trinajstić information content (AvgIpc) is 2.61. The smallest absolute Gasteiger partial charge is 0.219 e. The van der Waals surface area contributed by atoms with Gasteiger partial charge in [-0.25, -0.2) is 0 Å². The van der Waals surface area contributed by atoms with Gasteiger partial charge in [-0.1, -0.05) is 103 Å². The maximum atomic E-state index is 11.5. The molecular formula is C22H45NO2. The molecule has 0 aromatic heterocycles. The van der Waals surface area contributed by atoms with Crippen LogP contribution in [0.25, 0.3) is 0 Å². The molecule has 150 valence electrons. The van der Waals surface area contributed by atoms with E-state index in [0.717, 1.165) is 6.42 Å². The first-order valence-electron chi connectivity index (χ1n) is 11.2. The topological polar surface area (TPSA) is 49.3 Å². The van der Waals surface area contributed by atoms with Gasteiger partial charge < -0.3 is 10.4 Å². The summed E-state index contributed by atoms with van der Waals surface area (Å²) in [5, 5.41) is 11.5. The van der Waals surface area contributed by atoms with Crippen molar-refractivity contribution < 1.29 is 9.90 Å². The summed E-state index contributed by atoms with van der Waals surface area (Å²) in [6, 6.07) is 0. The highest BCUT2D eigenvalue weighted by Crippen LogP contribution is 2.13. The predicted octanol–water partition coefficient (Wildman–Crippen LogP) is 6.14. The third-order valence-corrected chi connectivity index (χ3v) is 4.91. The molecule has 0 spiro atoms. The molecule has 0 radical (unpaired) electrons. The number of aliphatic hydroxyl groups excluding tert-OH is 1. The zero-order valence-electron chi connectivity index (χ0n) is 17.0. The van der Waals surface area contributed by atoms with Gasteiger partial charge in [-0.2, -0.15) is 0 Å². The summed E-state index contributed by atoms with van der Waals surface area (Å²) >= 11 is 0. The molecule has 0 aliphatic rings. The SMILES string of the molecule is CCCCCCCCCCCCCCCCCCC(=O)NCCCO. The Balaban J connectivity index is 3.06. The molecule has 3 nitrogen and oxygen atoms in total. The molecule has 2 N–H and O–H groups in total. The maximum Gasteiger partial charge on any atom is 0.219 e. The Morgan fingerprint density at radius 2 is 1.04 bits per heavy atom. The molecule has 0 saturated heterocycles. The Labute approximate surface area is 157 Å². The summed E-state index contributed by atoms with van der Waals surface area (Å²) in [5.74, 6) is 0.138. The molecular weight excluding hydrogens is 310 g/mol. The van der Waals surface area contributed by atoms with Crippen molar-refractivity contribution in [1.82, 2.24) is 5.32 Å². The molecule has 25 heavy (non-hydrogen) atoms. The predicted molar refractivity (Wildman–Crippen MR) is 109 cm³/mol. The lowest BCUT2D eigenvalue weighted by Crippen LogP contribution is -2.24. The highest BCUT2D eigenvalue weighted by molar-refractivity contribution is 5.75. The van der Waals surface area contributed by atoms with Crippen molar-refractivity contribution in [2.45, 2.75) is 122 Å². The molecule has 0 bridgehead atoms. The van der Waals surface area contributed by atoms with Gasteiger partial charge in [0.1, 0.15) is 0 Å². The second kappa shape index (κ2) is 21.5. The number of carbonyl (C=O) groups excluding carboxylic acids is 1. The van der Waals surface area contributed by atoms with Gasteiger partial charge in [-0.05, 0) is 12.8 Å². The normalized spacial score (nSPS) is 11.0. The Bertz CT molecular complexity index is 269. The first-order valence-corrected chi connectivity index (χ1v) is 11.2. The number of aliphatic hydroxyl groups is 1. The quantitative estimate of drug-likeness (QED) is 0.258. The monoisotopic (exact) mass is 355 g/mol. The standard InChI is InChI=1S/C22H45NO2/c1-2-3-4-5-6-7-8-9-10-11-12-13-14-15-16-17-19-22(25)23-20-18-21-24/h24H,2-21H2,1H3,(H,23,25). The second-order valence-electron chi connectivity index (χ2n) is 7.48. The summed E-state index contributed by atoms with van der Waals surface area (Å²) in [5.41, 5.74) is 0. The zero-order chi connectivity index (χ0) is 18.4. The van der Waals surface area contributed by atoms with Crippen LogP contribution < -0.4 is 5.32 Å². The van der Waals surface area contributed by atoms with Crippen LogP contribution in [0.4, 0.5) is 0 Å². The van der Waals surface area contributed by atoms with Gasteiger partial charge >= 0.3 is 0 Å². The van der Waals surface area contributed by atoms with Crippen LogP contribution in [0.15, 0.2) is 0 Å². The van der Waals surface area contributed by atoms with Gasteiger partial charge in [-0.15, -0.1) is 0 Å². The summed E-state index contributed by atoms with van der Waals surface area (Å²) in [6.07, 6.45) is 23.0. The lowest BCUT2D eigenvalue weighted by Gasteiger charge is -2.05. The molecule has 0 heterocycles. The summed E-state index contributed by atoms with van der Waals surface area (Å²) in [4.78, 5) is 11.5. The zero-order valence-corrected chi connectivity index (χ0v) is 17.0. The molecule has 0 atom stereocenters. The van der Waals surface area contributed by atoms with E-state index in [1.807, 2.05) is 0 Å². The molecule has 0 aromatic carbocycles. The van der Waals surface area contributed by atoms with Crippen LogP contribution in [0.1, 0.15) is 122 Å². The number of nitrogens with one attached hydrogen (secondary N) is 1. The first-order chi connectivity index (χ1) is 12.3. The number of unbranched alkanes of at least 4 members (excludes halogenated alkanes) is 15. The lowest BCUT2D eigenvalue weighted by molar-refractivity contribution is -0.121. The van der Waals surface area contributed by atoms with E-state index < -0.39 is 0 Å². The minimum absolute atomic E-state index is 0.138. The Kier molecular flexibility index (Phi) is 21.0. The molecule has 0 aromatic rings. The Morgan fingerprint density at radius 1 is 0.640 bits per heavy atom. The average molecular weight is 356 g/mol. The number of carbonyl (C=O) groups is 1. The largest absolute Gasteiger partial charge is 0.396 e. The molecule has 1 amide bonds. The van der Waals surface area contributed by atoms with E-state index in [1.54, 1.807) is 0 Å². The van der Waals surface area contributed by atoms with Crippen molar-refractivity contribution in [1.29, 1.82) is 0 Å². The van der Waals surface area contributed by atoms with E-state index in [2.05, 4.69) is 12.2 Å². The second-order valence-corrected chi connectivity index (χ2v) is 7.48. The van der Waals surface area contributed by atoms with Crippen molar-refractivity contribution >= 4 is 5.91 Å². The first kappa shape index (κ1) is 24.4. The van der Waals surface area contributed by atoms with Crippen LogP contribution >= 0.6 is 0 Å². The highest BCUT2D eigenvalue weighted by atomic mass is 16.3. The van der Waals surface area contributed by atoms with E-state index in [9.17, 15) is 4.79 Å².